The van der Waals surface area contributed by atoms with Crippen LogP contribution >= 0.6 is 11.6 Å². The van der Waals surface area contributed by atoms with Crippen LogP contribution in [0.4, 0.5) is 21.6 Å². The molecule has 2 fully saturated rings. The fourth-order valence-corrected chi connectivity index (χ4v) is 4.91. The second-order valence-corrected chi connectivity index (χ2v) is 8.82. The Morgan fingerprint density at radius 3 is 3.00 bits per heavy atom. The van der Waals surface area contributed by atoms with Gasteiger partial charge >= 0.3 is 0 Å². The number of nitrogens with zero attached hydrogens (tertiary/aromatic N) is 3. The van der Waals surface area contributed by atoms with Crippen molar-refractivity contribution in [3.05, 3.63) is 47.5 Å². The van der Waals surface area contributed by atoms with Crippen molar-refractivity contribution in [1.82, 2.24) is 14.9 Å². The number of hydrogen-bond donors (Lipinski definition) is 2. The van der Waals surface area contributed by atoms with Gasteiger partial charge in [0.05, 0.1) is 29.6 Å². The first kappa shape index (κ1) is 22.1. The zero-order chi connectivity index (χ0) is 22.8. The van der Waals surface area contributed by atoms with E-state index in [4.69, 9.17) is 21.1 Å². The molecule has 3 aromatic rings. The molecule has 2 atom stereocenters. The van der Waals surface area contributed by atoms with Crippen LogP contribution in [0, 0.1) is 5.82 Å². The van der Waals surface area contributed by atoms with Crippen LogP contribution in [0.1, 0.15) is 19.3 Å². The molecule has 5 rings (SSSR count). The van der Waals surface area contributed by atoms with Crippen molar-refractivity contribution in [1.29, 1.82) is 0 Å². The van der Waals surface area contributed by atoms with E-state index in [-0.39, 0.29) is 5.69 Å². The number of ether oxygens (including phenoxy) is 2. The average molecular weight is 472 g/mol. The number of nitrogens with one attached hydrogen (secondary N) is 2. The molecule has 174 valence electrons. The Labute approximate surface area is 197 Å². The molecule has 0 bridgehead atoms. The van der Waals surface area contributed by atoms with Crippen molar-refractivity contribution in [3.63, 3.8) is 0 Å². The van der Waals surface area contributed by atoms with E-state index in [1.165, 1.54) is 24.5 Å². The fraction of sp³-hybridized carbons (Fsp3) is 0.417. The Morgan fingerprint density at radius 1 is 1.21 bits per heavy atom. The van der Waals surface area contributed by atoms with Crippen LogP contribution in [0.25, 0.3) is 10.9 Å². The maximum atomic E-state index is 14.3. The van der Waals surface area contributed by atoms with Crippen LogP contribution in [0.3, 0.4) is 0 Å². The molecule has 2 N–H and O–H groups in total. The Balaban J connectivity index is 1.31. The van der Waals surface area contributed by atoms with E-state index in [1.807, 2.05) is 19.2 Å². The summed E-state index contributed by atoms with van der Waals surface area (Å²) >= 11 is 6.04. The molecule has 2 aliphatic rings. The SMILES string of the molecule is CNc1cc2ncnc(Nc3cc(Cl)ccc3F)c2cc1OCCCN1CCC2OCCC21. The van der Waals surface area contributed by atoms with Gasteiger partial charge in [-0.2, -0.15) is 0 Å². The molecule has 3 heterocycles. The van der Waals surface area contributed by atoms with Crippen LogP contribution in [0.5, 0.6) is 5.75 Å². The number of hydrogen-bond acceptors (Lipinski definition) is 7. The van der Waals surface area contributed by atoms with Crippen LogP contribution in [0.15, 0.2) is 36.7 Å². The summed E-state index contributed by atoms with van der Waals surface area (Å²) in [5.74, 6) is 0.780. The molecule has 7 nitrogen and oxygen atoms in total. The number of benzene rings is 2. The normalized spacial score (nSPS) is 20.2. The Bertz CT molecular complexity index is 1150. The van der Waals surface area contributed by atoms with Gasteiger partial charge in [-0.25, -0.2) is 14.4 Å². The van der Waals surface area contributed by atoms with Crippen molar-refractivity contribution < 1.29 is 13.9 Å². The molecule has 33 heavy (non-hydrogen) atoms. The minimum Gasteiger partial charge on any atom is -0.491 e. The van der Waals surface area contributed by atoms with Gasteiger partial charge in [-0.05, 0) is 49.6 Å². The van der Waals surface area contributed by atoms with Gasteiger partial charge in [0.1, 0.15) is 23.7 Å². The summed E-state index contributed by atoms with van der Waals surface area (Å²) in [5, 5.41) is 7.39. The molecule has 0 aliphatic carbocycles. The third-order valence-corrected chi connectivity index (χ3v) is 6.61. The molecule has 2 unspecified atom stereocenters. The number of fused-ring (bicyclic) bond motifs is 2. The number of rotatable bonds is 8. The molecule has 1 aromatic heterocycles. The summed E-state index contributed by atoms with van der Waals surface area (Å²) in [7, 11) is 1.85. The highest BCUT2D eigenvalue weighted by Gasteiger charge is 2.38. The van der Waals surface area contributed by atoms with Crippen molar-refractivity contribution >= 4 is 39.7 Å². The summed E-state index contributed by atoms with van der Waals surface area (Å²) in [6, 6.07) is 8.73. The predicted octanol–water partition coefficient (Wildman–Crippen LogP) is 4.84. The summed E-state index contributed by atoms with van der Waals surface area (Å²) in [6.07, 6.45) is 5.04. The highest BCUT2D eigenvalue weighted by atomic mass is 35.5. The van der Waals surface area contributed by atoms with Crippen molar-refractivity contribution in [2.75, 3.05) is 44.0 Å². The summed E-state index contributed by atoms with van der Waals surface area (Å²) in [4.78, 5) is 11.2. The Morgan fingerprint density at radius 2 is 2.12 bits per heavy atom. The smallest absolute Gasteiger partial charge is 0.146 e. The molecule has 2 aliphatic heterocycles. The number of aromatic nitrogens is 2. The molecule has 0 spiro atoms. The average Bonchev–Trinajstić information content (AvgIpc) is 3.43. The lowest BCUT2D eigenvalue weighted by molar-refractivity contribution is 0.105. The summed E-state index contributed by atoms with van der Waals surface area (Å²) < 4.78 is 26.2. The van der Waals surface area contributed by atoms with Crippen LogP contribution < -0.4 is 15.4 Å². The molecule has 0 amide bonds. The van der Waals surface area contributed by atoms with Gasteiger partial charge in [-0.3, -0.25) is 4.90 Å². The van der Waals surface area contributed by atoms with Gasteiger partial charge in [0.2, 0.25) is 0 Å². The van der Waals surface area contributed by atoms with Crippen molar-refractivity contribution in [3.8, 4) is 5.75 Å². The maximum absolute atomic E-state index is 14.3. The quantitative estimate of drug-likeness (QED) is 0.455. The predicted molar refractivity (Wildman–Crippen MR) is 128 cm³/mol. The van der Waals surface area contributed by atoms with E-state index in [2.05, 4.69) is 25.5 Å². The Hall–Kier alpha value is -2.68. The van der Waals surface area contributed by atoms with Gasteiger partial charge in [0.15, 0.2) is 0 Å². The molecular weight excluding hydrogens is 445 g/mol. The van der Waals surface area contributed by atoms with Crippen LogP contribution in [-0.2, 0) is 4.74 Å². The van der Waals surface area contributed by atoms with Crippen molar-refractivity contribution in [2.45, 2.75) is 31.4 Å². The second kappa shape index (κ2) is 9.67. The van der Waals surface area contributed by atoms with E-state index in [0.717, 1.165) is 55.5 Å². The van der Waals surface area contributed by atoms with E-state index in [1.54, 1.807) is 0 Å². The monoisotopic (exact) mass is 471 g/mol. The zero-order valence-corrected chi connectivity index (χ0v) is 19.2. The maximum Gasteiger partial charge on any atom is 0.146 e. The lowest BCUT2D eigenvalue weighted by Crippen LogP contribution is -2.33. The van der Waals surface area contributed by atoms with Crippen LogP contribution in [0.2, 0.25) is 5.02 Å². The fourth-order valence-electron chi connectivity index (χ4n) is 4.74. The lowest BCUT2D eigenvalue weighted by Gasteiger charge is -2.22. The van der Waals surface area contributed by atoms with E-state index in [9.17, 15) is 4.39 Å². The van der Waals surface area contributed by atoms with Gasteiger partial charge < -0.3 is 20.1 Å². The standard InChI is InChI=1S/C24H27ClFN5O2/c1-27-20-13-18-16(24(29-14-28-18)30-19-11-15(25)3-4-17(19)26)12-23(20)32-9-2-7-31-8-5-22-21(31)6-10-33-22/h3-4,11-14,21-22,27H,2,5-10H2,1H3,(H,28,29,30). The first-order chi connectivity index (χ1) is 16.1. The highest BCUT2D eigenvalue weighted by Crippen LogP contribution is 2.34. The first-order valence-electron chi connectivity index (χ1n) is 11.3. The van der Waals surface area contributed by atoms with E-state index < -0.39 is 5.82 Å². The minimum absolute atomic E-state index is 0.252. The topological polar surface area (TPSA) is 71.5 Å². The third kappa shape index (κ3) is 4.69. The first-order valence-corrected chi connectivity index (χ1v) is 11.7. The van der Waals surface area contributed by atoms with Crippen molar-refractivity contribution in [2.24, 2.45) is 0 Å². The lowest BCUT2D eigenvalue weighted by atomic mass is 10.1. The minimum atomic E-state index is -0.411. The summed E-state index contributed by atoms with van der Waals surface area (Å²) in [6.45, 7) is 3.56. The Kier molecular flexibility index (Phi) is 6.48. The number of anilines is 3. The molecule has 2 saturated heterocycles. The zero-order valence-electron chi connectivity index (χ0n) is 18.5. The van der Waals surface area contributed by atoms with Gasteiger partial charge in [-0.15, -0.1) is 0 Å². The van der Waals surface area contributed by atoms with Gasteiger partial charge in [0.25, 0.3) is 0 Å². The second-order valence-electron chi connectivity index (χ2n) is 8.38. The molecule has 0 saturated carbocycles. The highest BCUT2D eigenvalue weighted by molar-refractivity contribution is 6.30. The molecule has 0 radical (unpaired) electrons. The largest absolute Gasteiger partial charge is 0.491 e. The van der Waals surface area contributed by atoms with Gasteiger partial charge in [-0.1, -0.05) is 11.6 Å². The number of halogens is 2. The third-order valence-electron chi connectivity index (χ3n) is 6.38. The summed E-state index contributed by atoms with van der Waals surface area (Å²) in [5.41, 5.74) is 1.81. The molecule has 9 heteroatoms. The van der Waals surface area contributed by atoms with E-state index >= 15 is 0 Å². The number of likely N-dealkylation sites (tertiary alicyclic amines) is 1. The van der Waals surface area contributed by atoms with Crippen LogP contribution in [-0.4, -0.2) is 60.4 Å². The van der Waals surface area contributed by atoms with E-state index in [0.29, 0.717) is 35.3 Å². The molecular formula is C24H27ClFN5O2. The molecule has 2 aromatic carbocycles. The van der Waals surface area contributed by atoms with Gasteiger partial charge in [0, 0.05) is 43.2 Å².